The average Bonchev–Trinajstić information content (AvgIpc) is 2.36. The third-order valence-corrected chi connectivity index (χ3v) is 2.86. The van der Waals surface area contributed by atoms with Crippen molar-refractivity contribution in [2.75, 3.05) is 5.73 Å². The van der Waals surface area contributed by atoms with Crippen molar-refractivity contribution < 1.29 is 9.53 Å². The highest BCUT2D eigenvalue weighted by Crippen LogP contribution is 2.23. The summed E-state index contributed by atoms with van der Waals surface area (Å²) in [6, 6.07) is 10.4. The molecule has 0 amide bonds. The Hall–Kier alpha value is -2.07. The summed E-state index contributed by atoms with van der Waals surface area (Å²) in [4.78, 5) is 16.2. The number of nitrogens with zero attached hydrogens (tertiary/aromatic N) is 1. The predicted octanol–water partition coefficient (Wildman–Crippen LogP) is 2.98. The lowest BCUT2D eigenvalue weighted by Gasteiger charge is -2.08. The molecule has 0 aliphatic rings. The van der Waals surface area contributed by atoms with E-state index in [-0.39, 0.29) is 17.2 Å². The van der Waals surface area contributed by atoms with Crippen LogP contribution in [0.15, 0.2) is 36.4 Å². The monoisotopic (exact) mass is 276 g/mol. The summed E-state index contributed by atoms with van der Waals surface area (Å²) >= 11 is 5.93. The number of rotatable bonds is 3. The van der Waals surface area contributed by atoms with Crippen molar-refractivity contribution in [1.82, 2.24) is 4.98 Å². The van der Waals surface area contributed by atoms with E-state index in [0.29, 0.717) is 11.4 Å². The Balaban J connectivity index is 2.10. The molecule has 1 aromatic heterocycles. The van der Waals surface area contributed by atoms with Crippen LogP contribution < -0.4 is 5.73 Å². The predicted molar refractivity (Wildman–Crippen MR) is 74.0 cm³/mol. The smallest absolute Gasteiger partial charge is 0.342 e. The largest absolute Gasteiger partial charge is 0.455 e. The molecule has 1 aromatic carbocycles. The second-order valence-electron chi connectivity index (χ2n) is 4.05. The summed E-state index contributed by atoms with van der Waals surface area (Å²) in [5.41, 5.74) is 7.75. The van der Waals surface area contributed by atoms with Crippen LogP contribution >= 0.6 is 11.6 Å². The lowest BCUT2D eigenvalue weighted by atomic mass is 10.2. The van der Waals surface area contributed by atoms with E-state index in [2.05, 4.69) is 4.98 Å². The van der Waals surface area contributed by atoms with E-state index in [1.165, 1.54) is 0 Å². The number of benzene rings is 1. The molecule has 2 aromatic rings. The minimum absolute atomic E-state index is 0.0885. The van der Waals surface area contributed by atoms with Crippen molar-refractivity contribution in [2.24, 2.45) is 0 Å². The number of hydrogen-bond acceptors (Lipinski definition) is 4. The number of halogens is 1. The van der Waals surface area contributed by atoms with Crippen LogP contribution in [0.25, 0.3) is 0 Å². The number of carbonyl (C=O) groups is 1. The highest BCUT2D eigenvalue weighted by molar-refractivity contribution is 6.34. The lowest BCUT2D eigenvalue weighted by molar-refractivity contribution is 0.0469. The molecule has 0 unspecified atom stereocenters. The normalized spacial score (nSPS) is 10.2. The van der Waals surface area contributed by atoms with Gasteiger partial charge >= 0.3 is 5.97 Å². The number of nitrogen functional groups attached to an aromatic ring is 1. The van der Waals surface area contributed by atoms with Gasteiger partial charge in [-0.3, -0.25) is 4.98 Å². The molecular formula is C14H13ClN2O2. The second-order valence-corrected chi connectivity index (χ2v) is 4.46. The van der Waals surface area contributed by atoms with Crippen molar-refractivity contribution in [3.8, 4) is 0 Å². The fraction of sp³-hybridized carbons (Fsp3) is 0.143. The lowest BCUT2D eigenvalue weighted by Crippen LogP contribution is -2.09. The SMILES string of the molecule is Cc1cccc(COC(=O)c2c(N)cccc2Cl)n1. The molecule has 19 heavy (non-hydrogen) atoms. The third-order valence-electron chi connectivity index (χ3n) is 2.55. The molecule has 2 rings (SSSR count). The summed E-state index contributed by atoms with van der Waals surface area (Å²) < 4.78 is 5.16. The van der Waals surface area contributed by atoms with Gasteiger partial charge in [0.05, 0.1) is 10.7 Å². The topological polar surface area (TPSA) is 65.2 Å². The minimum atomic E-state index is -0.550. The zero-order valence-electron chi connectivity index (χ0n) is 10.4. The maximum atomic E-state index is 11.9. The Morgan fingerprint density at radius 1 is 1.32 bits per heavy atom. The van der Waals surface area contributed by atoms with Crippen molar-refractivity contribution >= 4 is 23.3 Å². The third kappa shape index (κ3) is 3.23. The van der Waals surface area contributed by atoms with Crippen LogP contribution in [0.3, 0.4) is 0 Å². The van der Waals surface area contributed by atoms with Crippen molar-refractivity contribution in [1.29, 1.82) is 0 Å². The van der Waals surface area contributed by atoms with Crippen LogP contribution in [0.5, 0.6) is 0 Å². The maximum Gasteiger partial charge on any atom is 0.342 e. The highest BCUT2D eigenvalue weighted by atomic mass is 35.5. The summed E-state index contributed by atoms with van der Waals surface area (Å²) in [6.07, 6.45) is 0. The van der Waals surface area contributed by atoms with E-state index in [9.17, 15) is 4.79 Å². The molecule has 2 N–H and O–H groups in total. The standard InChI is InChI=1S/C14H13ClN2O2/c1-9-4-2-5-10(17-9)8-19-14(18)13-11(15)6-3-7-12(13)16/h2-7H,8,16H2,1H3. The number of hydrogen-bond donors (Lipinski definition) is 1. The van der Waals surface area contributed by atoms with Gasteiger partial charge in [-0.15, -0.1) is 0 Å². The Bertz CT molecular complexity index is 594. The first-order valence-electron chi connectivity index (χ1n) is 5.71. The van der Waals surface area contributed by atoms with E-state index in [1.54, 1.807) is 24.3 Å². The first kappa shape index (κ1) is 13.4. The summed E-state index contributed by atoms with van der Waals surface area (Å²) in [5, 5.41) is 0.280. The van der Waals surface area contributed by atoms with Gasteiger partial charge in [-0.2, -0.15) is 0 Å². The number of aromatic nitrogens is 1. The van der Waals surface area contributed by atoms with Crippen LogP contribution in [0.1, 0.15) is 21.7 Å². The molecule has 98 valence electrons. The highest BCUT2D eigenvalue weighted by Gasteiger charge is 2.15. The molecule has 5 heteroatoms. The summed E-state index contributed by atoms with van der Waals surface area (Å²) in [7, 11) is 0. The van der Waals surface area contributed by atoms with Crippen molar-refractivity contribution in [3.05, 3.63) is 58.4 Å². The van der Waals surface area contributed by atoms with Gasteiger partial charge in [-0.25, -0.2) is 4.79 Å². The minimum Gasteiger partial charge on any atom is -0.455 e. The number of nitrogens with two attached hydrogens (primary N) is 1. The van der Waals surface area contributed by atoms with Gasteiger partial charge in [0, 0.05) is 11.4 Å². The number of ether oxygens (including phenoxy) is 1. The van der Waals surface area contributed by atoms with Crippen LogP contribution in [0, 0.1) is 6.92 Å². The molecule has 0 aliphatic carbocycles. The zero-order chi connectivity index (χ0) is 13.8. The average molecular weight is 277 g/mol. The van der Waals surface area contributed by atoms with Gasteiger partial charge in [0.2, 0.25) is 0 Å². The number of esters is 1. The van der Waals surface area contributed by atoms with Crippen LogP contribution in [-0.2, 0) is 11.3 Å². The first-order chi connectivity index (χ1) is 9.08. The van der Waals surface area contributed by atoms with Crippen molar-refractivity contribution in [3.63, 3.8) is 0 Å². The van der Waals surface area contributed by atoms with Gasteiger partial charge in [0.15, 0.2) is 0 Å². The van der Waals surface area contributed by atoms with E-state index in [0.717, 1.165) is 5.69 Å². The molecule has 4 nitrogen and oxygen atoms in total. The molecule has 0 aliphatic heterocycles. The molecule has 1 heterocycles. The Morgan fingerprint density at radius 2 is 2.05 bits per heavy atom. The molecule has 0 bridgehead atoms. The number of carbonyl (C=O) groups excluding carboxylic acids is 1. The van der Waals surface area contributed by atoms with Gasteiger partial charge in [-0.1, -0.05) is 23.7 Å². The zero-order valence-corrected chi connectivity index (χ0v) is 11.1. The Kier molecular flexibility index (Phi) is 4.02. The van der Waals surface area contributed by atoms with Gasteiger partial charge in [0.1, 0.15) is 12.2 Å². The fourth-order valence-electron chi connectivity index (χ4n) is 1.65. The number of aryl methyl sites for hydroxylation is 1. The molecule has 0 atom stereocenters. The molecule has 0 fully saturated rings. The van der Waals surface area contributed by atoms with Gasteiger partial charge in [-0.05, 0) is 31.2 Å². The van der Waals surface area contributed by atoms with Crippen LogP contribution in [0.2, 0.25) is 5.02 Å². The van der Waals surface area contributed by atoms with Gasteiger partial charge < -0.3 is 10.5 Å². The molecular weight excluding hydrogens is 264 g/mol. The molecule has 0 radical (unpaired) electrons. The van der Waals surface area contributed by atoms with Crippen LogP contribution in [0.4, 0.5) is 5.69 Å². The van der Waals surface area contributed by atoms with Crippen molar-refractivity contribution in [2.45, 2.75) is 13.5 Å². The van der Waals surface area contributed by atoms with E-state index in [1.807, 2.05) is 19.1 Å². The first-order valence-corrected chi connectivity index (χ1v) is 6.09. The summed E-state index contributed by atoms with van der Waals surface area (Å²) in [5.74, 6) is -0.550. The van der Waals surface area contributed by atoms with E-state index >= 15 is 0 Å². The number of pyridine rings is 1. The quantitative estimate of drug-likeness (QED) is 0.691. The Labute approximate surface area is 116 Å². The van der Waals surface area contributed by atoms with E-state index in [4.69, 9.17) is 22.1 Å². The second kappa shape index (κ2) is 5.71. The van der Waals surface area contributed by atoms with E-state index < -0.39 is 5.97 Å². The Morgan fingerprint density at radius 3 is 2.74 bits per heavy atom. The molecule has 0 saturated carbocycles. The maximum absolute atomic E-state index is 11.9. The number of anilines is 1. The summed E-state index contributed by atoms with van der Waals surface area (Å²) in [6.45, 7) is 1.96. The fourth-order valence-corrected chi connectivity index (χ4v) is 1.91. The molecule has 0 saturated heterocycles. The molecule has 0 spiro atoms. The van der Waals surface area contributed by atoms with Crippen LogP contribution in [-0.4, -0.2) is 11.0 Å². The van der Waals surface area contributed by atoms with Gasteiger partial charge in [0.25, 0.3) is 0 Å².